The third kappa shape index (κ3) is 1.09. The minimum Gasteiger partial charge on any atom is -0.389 e. The van der Waals surface area contributed by atoms with Gasteiger partial charge in [0.15, 0.2) is 0 Å². The number of aliphatic hydroxyl groups is 1. The van der Waals surface area contributed by atoms with E-state index >= 15 is 0 Å². The standard InChI is InChI=1S/C11H19NO2/c1-11(13,8-2-3-14-6-8)10-7-4-9(10)12-5-7/h7-10,12-13H,2-6H2,1H3. The van der Waals surface area contributed by atoms with Gasteiger partial charge in [0.25, 0.3) is 0 Å². The van der Waals surface area contributed by atoms with Gasteiger partial charge in [-0.2, -0.15) is 0 Å². The Balaban J connectivity index is 1.75. The lowest BCUT2D eigenvalue weighted by molar-refractivity contribution is -0.101. The number of hydrogen-bond donors (Lipinski definition) is 2. The molecule has 0 aromatic rings. The summed E-state index contributed by atoms with van der Waals surface area (Å²) in [6.07, 6.45) is 2.30. The van der Waals surface area contributed by atoms with Crippen molar-refractivity contribution in [3.63, 3.8) is 0 Å². The average Bonchev–Trinajstić information content (AvgIpc) is 2.81. The molecule has 4 aliphatic rings. The molecule has 14 heavy (non-hydrogen) atoms. The molecule has 1 aliphatic carbocycles. The Morgan fingerprint density at radius 1 is 1.50 bits per heavy atom. The van der Waals surface area contributed by atoms with E-state index in [1.54, 1.807) is 0 Å². The van der Waals surface area contributed by atoms with Gasteiger partial charge in [-0.25, -0.2) is 0 Å². The maximum Gasteiger partial charge on any atom is 0.0716 e. The third-order valence-electron chi connectivity index (χ3n) is 4.57. The second-order valence-corrected chi connectivity index (χ2v) is 5.32. The minimum atomic E-state index is -0.506. The minimum absolute atomic E-state index is 0.359. The summed E-state index contributed by atoms with van der Waals surface area (Å²) >= 11 is 0. The monoisotopic (exact) mass is 197 g/mol. The van der Waals surface area contributed by atoms with Crippen molar-refractivity contribution in [2.45, 2.75) is 31.4 Å². The summed E-state index contributed by atoms with van der Waals surface area (Å²) in [5.41, 5.74) is -0.506. The van der Waals surface area contributed by atoms with Gasteiger partial charge in [0.05, 0.1) is 12.2 Å². The molecule has 5 atom stereocenters. The lowest BCUT2D eigenvalue weighted by Crippen LogP contribution is -2.55. The highest BCUT2D eigenvalue weighted by atomic mass is 16.5. The van der Waals surface area contributed by atoms with Gasteiger partial charge in [0, 0.05) is 24.5 Å². The fourth-order valence-electron chi connectivity index (χ4n) is 3.63. The molecule has 3 heteroatoms. The summed E-state index contributed by atoms with van der Waals surface area (Å²) in [6, 6.07) is 0.579. The summed E-state index contributed by atoms with van der Waals surface area (Å²) in [5.74, 6) is 1.56. The zero-order valence-electron chi connectivity index (χ0n) is 8.70. The third-order valence-corrected chi connectivity index (χ3v) is 4.57. The molecule has 0 amide bonds. The molecule has 5 unspecified atom stereocenters. The van der Waals surface area contributed by atoms with E-state index < -0.39 is 5.60 Å². The van der Waals surface area contributed by atoms with Gasteiger partial charge >= 0.3 is 0 Å². The number of ether oxygens (including phenoxy) is 1. The number of hydrogen-bond acceptors (Lipinski definition) is 3. The fourth-order valence-corrected chi connectivity index (χ4v) is 3.63. The molecule has 3 nitrogen and oxygen atoms in total. The van der Waals surface area contributed by atoms with Crippen LogP contribution in [0, 0.1) is 17.8 Å². The molecule has 1 saturated carbocycles. The van der Waals surface area contributed by atoms with Crippen LogP contribution in [0.4, 0.5) is 0 Å². The van der Waals surface area contributed by atoms with Crippen LogP contribution >= 0.6 is 0 Å². The van der Waals surface area contributed by atoms with E-state index in [4.69, 9.17) is 4.74 Å². The number of fused-ring (bicyclic) bond motifs is 1. The highest BCUT2D eigenvalue weighted by Crippen LogP contribution is 2.49. The zero-order chi connectivity index (χ0) is 9.76. The van der Waals surface area contributed by atoms with Crippen LogP contribution in [-0.2, 0) is 4.74 Å². The summed E-state index contributed by atoms with van der Waals surface area (Å²) in [6.45, 7) is 4.71. The van der Waals surface area contributed by atoms with Gasteiger partial charge < -0.3 is 15.2 Å². The normalized spacial score (nSPS) is 50.1. The summed E-state index contributed by atoms with van der Waals surface area (Å²) in [4.78, 5) is 0. The Kier molecular flexibility index (Phi) is 1.92. The van der Waals surface area contributed by atoms with Crippen LogP contribution in [0.1, 0.15) is 19.8 Å². The zero-order valence-corrected chi connectivity index (χ0v) is 8.70. The molecule has 0 aromatic heterocycles. The Bertz CT molecular complexity index is 221. The van der Waals surface area contributed by atoms with Gasteiger partial charge in [-0.1, -0.05) is 0 Å². The van der Waals surface area contributed by atoms with Crippen molar-refractivity contribution in [2.75, 3.05) is 19.8 Å². The van der Waals surface area contributed by atoms with Crippen LogP contribution in [0.2, 0.25) is 0 Å². The lowest BCUT2D eigenvalue weighted by Gasteiger charge is -2.47. The Labute approximate surface area is 84.8 Å². The molecule has 3 saturated heterocycles. The van der Waals surface area contributed by atoms with Crippen molar-refractivity contribution in [1.29, 1.82) is 0 Å². The average molecular weight is 197 g/mol. The second-order valence-electron chi connectivity index (χ2n) is 5.32. The first-order valence-electron chi connectivity index (χ1n) is 5.73. The quantitative estimate of drug-likeness (QED) is 0.672. The van der Waals surface area contributed by atoms with Gasteiger partial charge in [0.1, 0.15) is 0 Å². The van der Waals surface area contributed by atoms with E-state index in [2.05, 4.69) is 5.32 Å². The smallest absolute Gasteiger partial charge is 0.0716 e. The molecule has 4 fully saturated rings. The number of rotatable bonds is 2. The molecular formula is C11H19NO2. The molecule has 3 heterocycles. The van der Waals surface area contributed by atoms with Crippen LogP contribution in [0.5, 0.6) is 0 Å². The molecule has 0 spiro atoms. The largest absolute Gasteiger partial charge is 0.389 e. The second kappa shape index (κ2) is 2.94. The molecular weight excluding hydrogens is 178 g/mol. The first-order chi connectivity index (χ1) is 6.69. The SMILES string of the molecule is CC(O)(C1CCOC1)C1C2CNC1C2. The highest BCUT2D eigenvalue weighted by Gasteiger charge is 2.57. The predicted octanol–water partition coefficient (Wildman–Crippen LogP) is 0.382. The van der Waals surface area contributed by atoms with Crippen molar-refractivity contribution < 1.29 is 9.84 Å². The van der Waals surface area contributed by atoms with Gasteiger partial charge in [0.2, 0.25) is 0 Å². The first-order valence-corrected chi connectivity index (χ1v) is 5.73. The van der Waals surface area contributed by atoms with Crippen LogP contribution in [0.15, 0.2) is 0 Å². The van der Waals surface area contributed by atoms with Crippen molar-refractivity contribution in [3.05, 3.63) is 0 Å². The van der Waals surface area contributed by atoms with E-state index in [1.807, 2.05) is 6.92 Å². The Hall–Kier alpha value is -0.120. The van der Waals surface area contributed by atoms with Crippen LogP contribution < -0.4 is 5.32 Å². The van der Waals surface area contributed by atoms with Crippen molar-refractivity contribution in [3.8, 4) is 0 Å². The van der Waals surface area contributed by atoms with Crippen LogP contribution in [-0.4, -0.2) is 36.5 Å². The van der Waals surface area contributed by atoms with Crippen molar-refractivity contribution in [2.24, 2.45) is 17.8 Å². The van der Waals surface area contributed by atoms with E-state index in [-0.39, 0.29) is 0 Å². The van der Waals surface area contributed by atoms with Gasteiger partial charge in [-0.15, -0.1) is 0 Å². The topological polar surface area (TPSA) is 41.5 Å². The maximum absolute atomic E-state index is 10.6. The molecule has 2 N–H and O–H groups in total. The molecule has 80 valence electrons. The molecule has 0 aromatic carbocycles. The maximum atomic E-state index is 10.6. The molecule has 3 aliphatic heterocycles. The summed E-state index contributed by atoms with van der Waals surface area (Å²) < 4.78 is 5.37. The van der Waals surface area contributed by atoms with Crippen molar-refractivity contribution >= 4 is 0 Å². The van der Waals surface area contributed by atoms with Gasteiger partial charge in [-0.05, 0) is 32.2 Å². The first kappa shape index (κ1) is 9.13. The van der Waals surface area contributed by atoms with Crippen molar-refractivity contribution in [1.82, 2.24) is 5.32 Å². The lowest BCUT2D eigenvalue weighted by atomic mass is 9.61. The summed E-state index contributed by atoms with van der Waals surface area (Å²) in [7, 11) is 0. The van der Waals surface area contributed by atoms with E-state index in [1.165, 1.54) is 6.42 Å². The Morgan fingerprint density at radius 2 is 2.36 bits per heavy atom. The fraction of sp³-hybridized carbons (Fsp3) is 1.00. The summed E-state index contributed by atoms with van der Waals surface area (Å²) in [5, 5.41) is 14.1. The van der Waals surface area contributed by atoms with E-state index in [9.17, 15) is 5.11 Å². The molecule has 4 rings (SSSR count). The van der Waals surface area contributed by atoms with Crippen LogP contribution in [0.3, 0.4) is 0 Å². The molecule has 2 bridgehead atoms. The van der Waals surface area contributed by atoms with Crippen LogP contribution in [0.25, 0.3) is 0 Å². The van der Waals surface area contributed by atoms with E-state index in [0.717, 1.165) is 32.1 Å². The highest BCUT2D eigenvalue weighted by molar-refractivity contribution is 5.10. The molecule has 0 radical (unpaired) electrons. The predicted molar refractivity (Wildman–Crippen MR) is 52.9 cm³/mol. The number of nitrogens with one attached hydrogen (secondary N) is 1. The van der Waals surface area contributed by atoms with Gasteiger partial charge in [-0.3, -0.25) is 0 Å². The Morgan fingerprint density at radius 3 is 2.86 bits per heavy atom. The van der Waals surface area contributed by atoms with E-state index in [0.29, 0.717) is 17.9 Å².